The van der Waals surface area contributed by atoms with Gasteiger partial charge in [-0.15, -0.1) is 0 Å². The number of amides is 2. The number of carbonyl (C=O) groups excluding carboxylic acids is 2. The van der Waals surface area contributed by atoms with E-state index in [9.17, 15) is 9.59 Å². The summed E-state index contributed by atoms with van der Waals surface area (Å²) >= 11 is 0. The normalized spacial score (nSPS) is 15.2. The Morgan fingerprint density at radius 3 is 2.50 bits per heavy atom. The van der Waals surface area contributed by atoms with Crippen molar-refractivity contribution in [2.75, 3.05) is 39.8 Å². The van der Waals surface area contributed by atoms with Gasteiger partial charge in [-0.3, -0.25) is 14.5 Å². The van der Waals surface area contributed by atoms with E-state index in [1.807, 2.05) is 41.3 Å². The molecule has 1 N–H and O–H groups in total. The van der Waals surface area contributed by atoms with Crippen molar-refractivity contribution in [3.05, 3.63) is 71.9 Å². The zero-order chi connectivity index (χ0) is 20.9. The van der Waals surface area contributed by atoms with E-state index in [0.29, 0.717) is 32.7 Å². The quantitative estimate of drug-likeness (QED) is 0.711. The van der Waals surface area contributed by atoms with Crippen LogP contribution in [0.15, 0.2) is 60.7 Å². The first-order valence-electron chi connectivity index (χ1n) is 10.5. The van der Waals surface area contributed by atoms with Crippen LogP contribution in [0.25, 0.3) is 10.9 Å². The molecule has 1 fully saturated rings. The van der Waals surface area contributed by atoms with Crippen LogP contribution in [0, 0.1) is 0 Å². The van der Waals surface area contributed by atoms with Crippen molar-refractivity contribution in [3.8, 4) is 0 Å². The fourth-order valence-corrected chi connectivity index (χ4v) is 4.10. The van der Waals surface area contributed by atoms with Crippen molar-refractivity contribution in [1.82, 2.24) is 19.7 Å². The summed E-state index contributed by atoms with van der Waals surface area (Å²) in [7, 11) is 1.65. The number of hydrogen-bond donors (Lipinski definition) is 1. The number of hydrogen-bond acceptors (Lipinski definition) is 3. The highest BCUT2D eigenvalue weighted by Gasteiger charge is 2.24. The van der Waals surface area contributed by atoms with E-state index in [-0.39, 0.29) is 11.8 Å². The SMILES string of the molecule is CNC(=O)CN1CCCN(C(=O)c2cc3ccccc3n2Cc2ccccc2)CC1. The van der Waals surface area contributed by atoms with Crippen molar-refractivity contribution >= 4 is 22.7 Å². The Labute approximate surface area is 177 Å². The lowest BCUT2D eigenvalue weighted by atomic mass is 10.2. The maximum atomic E-state index is 13.5. The molecule has 1 aliphatic rings. The number of para-hydroxylation sites is 1. The third-order valence-electron chi connectivity index (χ3n) is 5.73. The molecular formula is C24H28N4O2. The lowest BCUT2D eigenvalue weighted by Crippen LogP contribution is -2.39. The van der Waals surface area contributed by atoms with Crippen LogP contribution in [-0.2, 0) is 11.3 Å². The monoisotopic (exact) mass is 404 g/mol. The van der Waals surface area contributed by atoms with Crippen LogP contribution in [-0.4, -0.2) is 66.0 Å². The molecule has 2 amide bonds. The van der Waals surface area contributed by atoms with E-state index in [0.717, 1.165) is 29.6 Å². The van der Waals surface area contributed by atoms with Gasteiger partial charge in [0, 0.05) is 50.7 Å². The summed E-state index contributed by atoms with van der Waals surface area (Å²) < 4.78 is 2.13. The summed E-state index contributed by atoms with van der Waals surface area (Å²) in [5.41, 5.74) is 2.96. The van der Waals surface area contributed by atoms with E-state index in [1.165, 1.54) is 5.56 Å². The Hall–Kier alpha value is -3.12. The van der Waals surface area contributed by atoms with Crippen LogP contribution in [0.1, 0.15) is 22.5 Å². The molecule has 0 saturated carbocycles. The maximum Gasteiger partial charge on any atom is 0.270 e. The number of nitrogens with zero attached hydrogens (tertiary/aromatic N) is 3. The van der Waals surface area contributed by atoms with Gasteiger partial charge in [-0.05, 0) is 24.1 Å². The molecule has 4 rings (SSSR count). The fraction of sp³-hybridized carbons (Fsp3) is 0.333. The van der Waals surface area contributed by atoms with Gasteiger partial charge in [0.25, 0.3) is 5.91 Å². The number of fused-ring (bicyclic) bond motifs is 1. The third kappa shape index (κ3) is 4.39. The second-order valence-corrected chi connectivity index (χ2v) is 7.76. The van der Waals surface area contributed by atoms with E-state index in [2.05, 4.69) is 39.0 Å². The number of carbonyl (C=O) groups is 2. The molecule has 6 nitrogen and oxygen atoms in total. The average Bonchev–Trinajstić information content (AvgIpc) is 2.97. The van der Waals surface area contributed by atoms with Gasteiger partial charge in [-0.25, -0.2) is 0 Å². The van der Waals surface area contributed by atoms with Gasteiger partial charge >= 0.3 is 0 Å². The molecule has 2 heterocycles. The minimum Gasteiger partial charge on any atom is -0.358 e. The van der Waals surface area contributed by atoms with E-state index in [4.69, 9.17) is 0 Å². The Morgan fingerprint density at radius 2 is 1.70 bits per heavy atom. The number of likely N-dealkylation sites (N-methyl/N-ethyl adjacent to an activating group) is 1. The summed E-state index contributed by atoms with van der Waals surface area (Å²) in [5, 5.41) is 3.75. The van der Waals surface area contributed by atoms with Crippen LogP contribution in [0.5, 0.6) is 0 Å². The van der Waals surface area contributed by atoms with Crippen LogP contribution in [0.4, 0.5) is 0 Å². The summed E-state index contributed by atoms with van der Waals surface area (Å²) in [5.74, 6) is 0.0710. The molecule has 1 saturated heterocycles. The van der Waals surface area contributed by atoms with E-state index in [1.54, 1.807) is 7.05 Å². The Kier molecular flexibility index (Phi) is 6.14. The highest BCUT2D eigenvalue weighted by Crippen LogP contribution is 2.23. The largest absolute Gasteiger partial charge is 0.358 e. The lowest BCUT2D eigenvalue weighted by Gasteiger charge is -2.22. The molecular weight excluding hydrogens is 376 g/mol. The Bertz CT molecular complexity index is 1030. The summed E-state index contributed by atoms with van der Waals surface area (Å²) in [4.78, 5) is 29.3. The van der Waals surface area contributed by atoms with E-state index >= 15 is 0 Å². The zero-order valence-corrected chi connectivity index (χ0v) is 17.4. The van der Waals surface area contributed by atoms with Crippen LogP contribution in [0.3, 0.4) is 0 Å². The van der Waals surface area contributed by atoms with E-state index < -0.39 is 0 Å². The van der Waals surface area contributed by atoms with Gasteiger partial charge in [0.15, 0.2) is 0 Å². The molecule has 0 unspecified atom stereocenters. The maximum absolute atomic E-state index is 13.5. The molecule has 30 heavy (non-hydrogen) atoms. The number of nitrogens with one attached hydrogen (secondary N) is 1. The topological polar surface area (TPSA) is 57.6 Å². The molecule has 156 valence electrons. The molecule has 6 heteroatoms. The summed E-state index contributed by atoms with van der Waals surface area (Å²) in [6, 6.07) is 20.4. The highest BCUT2D eigenvalue weighted by molar-refractivity contribution is 5.99. The van der Waals surface area contributed by atoms with Gasteiger partial charge in [-0.1, -0.05) is 48.5 Å². The van der Waals surface area contributed by atoms with Crippen molar-refractivity contribution < 1.29 is 9.59 Å². The van der Waals surface area contributed by atoms with Crippen molar-refractivity contribution in [2.45, 2.75) is 13.0 Å². The smallest absolute Gasteiger partial charge is 0.270 e. The molecule has 1 aromatic heterocycles. The minimum absolute atomic E-state index is 0.0118. The van der Waals surface area contributed by atoms with Crippen molar-refractivity contribution in [1.29, 1.82) is 0 Å². The third-order valence-corrected chi connectivity index (χ3v) is 5.73. The van der Waals surface area contributed by atoms with Gasteiger partial charge < -0.3 is 14.8 Å². The lowest BCUT2D eigenvalue weighted by molar-refractivity contribution is -0.121. The molecule has 0 radical (unpaired) electrons. The van der Waals surface area contributed by atoms with Crippen LogP contribution < -0.4 is 5.32 Å². The molecule has 0 spiro atoms. The molecule has 3 aromatic rings. The first-order valence-corrected chi connectivity index (χ1v) is 10.5. The summed E-state index contributed by atoms with van der Waals surface area (Å²) in [6.07, 6.45) is 0.863. The number of rotatable bonds is 5. The molecule has 1 aliphatic heterocycles. The highest BCUT2D eigenvalue weighted by atomic mass is 16.2. The minimum atomic E-state index is 0.0118. The molecule has 0 aliphatic carbocycles. The Morgan fingerprint density at radius 1 is 0.933 bits per heavy atom. The van der Waals surface area contributed by atoms with Crippen LogP contribution in [0.2, 0.25) is 0 Å². The van der Waals surface area contributed by atoms with Gasteiger partial charge in [0.2, 0.25) is 5.91 Å². The molecule has 0 bridgehead atoms. The molecule has 0 atom stereocenters. The van der Waals surface area contributed by atoms with Crippen molar-refractivity contribution in [2.24, 2.45) is 0 Å². The van der Waals surface area contributed by atoms with Crippen LogP contribution >= 0.6 is 0 Å². The average molecular weight is 405 g/mol. The first kappa shape index (κ1) is 20.2. The second kappa shape index (κ2) is 9.13. The first-order chi connectivity index (χ1) is 14.7. The summed E-state index contributed by atoms with van der Waals surface area (Å²) in [6.45, 7) is 3.90. The van der Waals surface area contributed by atoms with Crippen molar-refractivity contribution in [3.63, 3.8) is 0 Å². The Balaban J connectivity index is 1.58. The van der Waals surface area contributed by atoms with Gasteiger partial charge in [0.1, 0.15) is 5.69 Å². The standard InChI is InChI=1S/C24H28N4O2/c1-25-23(29)18-26-12-7-13-27(15-14-26)24(30)22-16-20-10-5-6-11-21(20)28(22)17-19-8-3-2-4-9-19/h2-6,8-11,16H,7,12-15,17-18H2,1H3,(H,25,29). The second-order valence-electron chi connectivity index (χ2n) is 7.76. The molecule has 2 aromatic carbocycles. The number of benzene rings is 2. The number of aromatic nitrogens is 1. The predicted octanol–water partition coefficient (Wildman–Crippen LogP) is 2.58. The predicted molar refractivity (Wildman–Crippen MR) is 119 cm³/mol. The van der Waals surface area contributed by atoms with Gasteiger partial charge in [0.05, 0.1) is 6.54 Å². The van der Waals surface area contributed by atoms with Gasteiger partial charge in [-0.2, -0.15) is 0 Å². The zero-order valence-electron chi connectivity index (χ0n) is 17.4. The fourth-order valence-electron chi connectivity index (χ4n) is 4.10.